The molecule has 1 aromatic rings. The van der Waals surface area contributed by atoms with Crippen molar-refractivity contribution in [1.82, 2.24) is 4.31 Å². The van der Waals surface area contributed by atoms with Gasteiger partial charge < -0.3 is 0 Å². The molecule has 0 aliphatic carbocycles. The summed E-state index contributed by atoms with van der Waals surface area (Å²) in [5.41, 5.74) is 4.03. The Labute approximate surface area is 116 Å². The average molecular weight is 281 g/mol. The van der Waals surface area contributed by atoms with Crippen LogP contribution in [0, 0.1) is 13.8 Å². The Bertz CT molecular complexity index is 518. The standard InChI is InChI=1S/C15H20FNOS/c1-10(2)13-7-11(3)15(12(4)8-13)19(18)17-6-5-14(16)9-17/h7-8,14H,1,5-6,9H2,2-4H3. The lowest BCUT2D eigenvalue weighted by Crippen LogP contribution is -2.25. The van der Waals surface area contributed by atoms with Crippen molar-refractivity contribution in [2.24, 2.45) is 0 Å². The van der Waals surface area contributed by atoms with E-state index in [0.717, 1.165) is 27.2 Å². The Kier molecular flexibility index (Phi) is 4.21. The van der Waals surface area contributed by atoms with E-state index in [0.29, 0.717) is 13.0 Å². The third-order valence-electron chi connectivity index (χ3n) is 3.46. The van der Waals surface area contributed by atoms with Crippen molar-refractivity contribution in [1.29, 1.82) is 0 Å². The molecule has 0 aromatic heterocycles. The van der Waals surface area contributed by atoms with Gasteiger partial charge in [-0.2, -0.15) is 0 Å². The first-order valence-corrected chi connectivity index (χ1v) is 7.59. The zero-order valence-electron chi connectivity index (χ0n) is 11.7. The molecule has 0 radical (unpaired) electrons. The molecular weight excluding hydrogens is 261 g/mol. The molecule has 2 nitrogen and oxygen atoms in total. The van der Waals surface area contributed by atoms with E-state index in [1.807, 2.05) is 32.9 Å². The molecule has 104 valence electrons. The number of hydrogen-bond acceptors (Lipinski definition) is 1. The molecule has 19 heavy (non-hydrogen) atoms. The molecule has 0 bridgehead atoms. The molecule has 2 rings (SSSR count). The van der Waals surface area contributed by atoms with Crippen LogP contribution in [0.15, 0.2) is 23.6 Å². The highest BCUT2D eigenvalue weighted by atomic mass is 32.2. The van der Waals surface area contributed by atoms with Gasteiger partial charge in [-0.25, -0.2) is 12.9 Å². The van der Waals surface area contributed by atoms with Gasteiger partial charge in [0.2, 0.25) is 0 Å². The summed E-state index contributed by atoms with van der Waals surface area (Å²) in [7, 11) is -1.26. The highest BCUT2D eigenvalue weighted by Gasteiger charge is 2.28. The maximum absolute atomic E-state index is 13.2. The molecule has 0 spiro atoms. The van der Waals surface area contributed by atoms with Crippen LogP contribution in [-0.2, 0) is 11.0 Å². The highest BCUT2D eigenvalue weighted by Crippen LogP contribution is 2.27. The van der Waals surface area contributed by atoms with Gasteiger partial charge >= 0.3 is 0 Å². The molecule has 1 aliphatic rings. The maximum Gasteiger partial charge on any atom is 0.128 e. The van der Waals surface area contributed by atoms with Gasteiger partial charge in [-0.1, -0.05) is 24.3 Å². The number of allylic oxidation sites excluding steroid dienone is 1. The predicted molar refractivity (Wildman–Crippen MR) is 78.1 cm³/mol. The third kappa shape index (κ3) is 2.95. The number of hydrogen-bond donors (Lipinski definition) is 0. The Morgan fingerprint density at radius 2 is 2.00 bits per heavy atom. The van der Waals surface area contributed by atoms with Crippen molar-refractivity contribution in [2.75, 3.05) is 13.1 Å². The van der Waals surface area contributed by atoms with Crippen LogP contribution in [0.4, 0.5) is 4.39 Å². The lowest BCUT2D eigenvalue weighted by Gasteiger charge is -2.18. The molecule has 2 atom stereocenters. The van der Waals surface area contributed by atoms with Crippen LogP contribution in [0.5, 0.6) is 0 Å². The fourth-order valence-corrected chi connectivity index (χ4v) is 3.93. The summed E-state index contributed by atoms with van der Waals surface area (Å²) in [5, 5.41) is 0. The molecule has 0 amide bonds. The van der Waals surface area contributed by atoms with Crippen LogP contribution in [0.25, 0.3) is 5.57 Å². The van der Waals surface area contributed by atoms with E-state index >= 15 is 0 Å². The number of halogens is 1. The third-order valence-corrected chi connectivity index (χ3v) is 5.25. The van der Waals surface area contributed by atoms with Crippen LogP contribution >= 0.6 is 0 Å². The number of rotatable bonds is 3. The van der Waals surface area contributed by atoms with E-state index < -0.39 is 17.2 Å². The minimum Gasteiger partial charge on any atom is -0.246 e. The van der Waals surface area contributed by atoms with Crippen molar-refractivity contribution in [3.05, 3.63) is 35.4 Å². The lowest BCUT2D eigenvalue weighted by atomic mass is 10.0. The lowest BCUT2D eigenvalue weighted by molar-refractivity contribution is 0.347. The second-order valence-corrected chi connectivity index (χ2v) is 6.67. The molecular formula is C15H20FNOS. The van der Waals surface area contributed by atoms with Gasteiger partial charge in [-0.3, -0.25) is 0 Å². The summed E-state index contributed by atoms with van der Waals surface area (Å²) in [5.74, 6) is 0. The number of aryl methyl sites for hydroxylation is 2. The van der Waals surface area contributed by atoms with Crippen LogP contribution in [0.2, 0.25) is 0 Å². The van der Waals surface area contributed by atoms with Crippen molar-refractivity contribution in [3.8, 4) is 0 Å². The molecule has 2 unspecified atom stereocenters. The number of nitrogens with zero attached hydrogens (tertiary/aromatic N) is 1. The summed E-state index contributed by atoms with van der Waals surface area (Å²) >= 11 is 0. The first kappa shape index (κ1) is 14.4. The van der Waals surface area contributed by atoms with Crippen molar-refractivity contribution < 1.29 is 8.60 Å². The van der Waals surface area contributed by atoms with Crippen LogP contribution in [0.1, 0.15) is 30.0 Å². The summed E-state index contributed by atoms with van der Waals surface area (Å²) in [6, 6.07) is 4.01. The van der Waals surface area contributed by atoms with Crippen molar-refractivity contribution in [3.63, 3.8) is 0 Å². The van der Waals surface area contributed by atoms with Crippen LogP contribution in [0.3, 0.4) is 0 Å². The SMILES string of the molecule is C=C(C)c1cc(C)c(S(=O)N2CCC(F)C2)c(C)c1. The Hall–Kier alpha value is -1.00. The number of alkyl halides is 1. The van der Waals surface area contributed by atoms with Crippen LogP contribution < -0.4 is 0 Å². The first-order chi connectivity index (χ1) is 8.90. The monoisotopic (exact) mass is 281 g/mol. The van der Waals surface area contributed by atoms with Crippen molar-refractivity contribution in [2.45, 2.75) is 38.3 Å². The van der Waals surface area contributed by atoms with Gasteiger partial charge in [0.1, 0.15) is 17.2 Å². The normalized spacial score (nSPS) is 21.6. The van der Waals surface area contributed by atoms with Crippen molar-refractivity contribution >= 4 is 16.6 Å². The smallest absolute Gasteiger partial charge is 0.128 e. The minimum atomic E-state index is -1.26. The molecule has 1 aliphatic heterocycles. The van der Waals surface area contributed by atoms with Gasteiger partial charge in [-0.05, 0) is 43.9 Å². The number of benzene rings is 1. The van der Waals surface area contributed by atoms with E-state index in [1.54, 1.807) is 4.31 Å². The van der Waals surface area contributed by atoms with Gasteiger partial charge in [-0.15, -0.1) is 0 Å². The molecule has 1 saturated heterocycles. The minimum absolute atomic E-state index is 0.272. The summed E-state index contributed by atoms with van der Waals surface area (Å²) in [6.07, 6.45) is -0.368. The molecule has 1 aromatic carbocycles. The Morgan fingerprint density at radius 1 is 1.42 bits per heavy atom. The fraction of sp³-hybridized carbons (Fsp3) is 0.467. The van der Waals surface area contributed by atoms with E-state index in [-0.39, 0.29) is 6.54 Å². The second-order valence-electron chi connectivity index (χ2n) is 5.24. The molecule has 4 heteroatoms. The predicted octanol–water partition coefficient (Wildman–Crippen LogP) is 3.40. The largest absolute Gasteiger partial charge is 0.246 e. The molecule has 0 N–H and O–H groups in total. The summed E-state index contributed by atoms with van der Waals surface area (Å²) in [6.45, 7) is 10.6. The second kappa shape index (κ2) is 5.55. The molecule has 1 heterocycles. The zero-order chi connectivity index (χ0) is 14.2. The van der Waals surface area contributed by atoms with Crippen LogP contribution in [-0.4, -0.2) is 27.8 Å². The highest BCUT2D eigenvalue weighted by molar-refractivity contribution is 7.82. The zero-order valence-corrected chi connectivity index (χ0v) is 12.5. The van der Waals surface area contributed by atoms with E-state index in [2.05, 4.69) is 6.58 Å². The van der Waals surface area contributed by atoms with Gasteiger partial charge in [0.25, 0.3) is 0 Å². The Balaban J connectivity index is 2.35. The first-order valence-electron chi connectivity index (χ1n) is 6.48. The topological polar surface area (TPSA) is 20.3 Å². The molecule has 0 saturated carbocycles. The molecule has 1 fully saturated rings. The van der Waals surface area contributed by atoms with E-state index in [4.69, 9.17) is 0 Å². The van der Waals surface area contributed by atoms with Gasteiger partial charge in [0.05, 0.1) is 4.90 Å². The average Bonchev–Trinajstić information content (AvgIpc) is 2.74. The summed E-state index contributed by atoms with van der Waals surface area (Å²) < 4.78 is 27.5. The Morgan fingerprint density at radius 3 is 2.42 bits per heavy atom. The maximum atomic E-state index is 13.2. The summed E-state index contributed by atoms with van der Waals surface area (Å²) in [4.78, 5) is 0.819. The van der Waals surface area contributed by atoms with E-state index in [1.165, 1.54) is 0 Å². The fourth-order valence-electron chi connectivity index (χ4n) is 2.44. The van der Waals surface area contributed by atoms with Gasteiger partial charge in [0, 0.05) is 13.1 Å². The van der Waals surface area contributed by atoms with Gasteiger partial charge in [0.15, 0.2) is 0 Å². The van der Waals surface area contributed by atoms with E-state index in [9.17, 15) is 8.60 Å². The quantitative estimate of drug-likeness (QED) is 0.831.